The van der Waals surface area contributed by atoms with Crippen LogP contribution in [0.25, 0.3) is 0 Å². The van der Waals surface area contributed by atoms with Crippen LogP contribution < -0.4 is 0 Å². The van der Waals surface area contributed by atoms with Gasteiger partial charge < -0.3 is 0 Å². The number of benzene rings is 1. The van der Waals surface area contributed by atoms with E-state index < -0.39 is 0 Å². The summed E-state index contributed by atoms with van der Waals surface area (Å²) in [5, 5.41) is 8.94. The van der Waals surface area contributed by atoms with Crippen LogP contribution in [0.1, 0.15) is 5.56 Å². The first kappa shape index (κ1) is 7.11. The van der Waals surface area contributed by atoms with Crippen LogP contribution in [0.3, 0.4) is 0 Å². The molecule has 2 heteroatoms. The predicted molar refractivity (Wildman–Crippen MR) is 40.5 cm³/mol. The van der Waals surface area contributed by atoms with Crippen molar-refractivity contribution >= 4 is 11.6 Å². The molecule has 0 aliphatic carbocycles. The first-order valence-corrected chi connectivity index (χ1v) is 3.19. The van der Waals surface area contributed by atoms with E-state index in [-0.39, 0.29) is 0 Å². The average molecular weight is 151 g/mol. The van der Waals surface area contributed by atoms with Gasteiger partial charge in [-0.2, -0.15) is 5.26 Å². The maximum absolute atomic E-state index is 8.25. The van der Waals surface area contributed by atoms with Crippen molar-refractivity contribution in [3.05, 3.63) is 41.3 Å². The van der Waals surface area contributed by atoms with E-state index >= 15 is 0 Å². The molecule has 0 aromatic heterocycles. The molecule has 1 radical (unpaired) electrons. The van der Waals surface area contributed by atoms with E-state index in [1.54, 1.807) is 24.3 Å². The highest BCUT2D eigenvalue weighted by molar-refractivity contribution is 6.30. The normalized spacial score (nSPS) is 8.80. The Hall–Kier alpha value is -1.00. The summed E-state index contributed by atoms with van der Waals surface area (Å²) in [5.74, 6) is 0. The van der Waals surface area contributed by atoms with Crippen LogP contribution in [0.2, 0.25) is 5.02 Å². The Balaban J connectivity index is 2.81. The molecule has 0 amide bonds. The van der Waals surface area contributed by atoms with Crippen LogP contribution in [-0.2, 0) is 0 Å². The van der Waals surface area contributed by atoms with Gasteiger partial charge in [-0.25, -0.2) is 0 Å². The molecule has 0 atom stereocenters. The summed E-state index contributed by atoms with van der Waals surface area (Å²) >= 11 is 5.62. The van der Waals surface area contributed by atoms with E-state index in [9.17, 15) is 0 Å². The summed E-state index contributed by atoms with van der Waals surface area (Å²) in [7, 11) is 0. The zero-order valence-corrected chi connectivity index (χ0v) is 5.97. The molecule has 0 heterocycles. The highest BCUT2D eigenvalue weighted by atomic mass is 35.5. The molecule has 1 rings (SSSR count). The maximum Gasteiger partial charge on any atom is 0.0912 e. The fraction of sp³-hybridized carbons (Fsp3) is 0. The lowest BCUT2D eigenvalue weighted by Gasteiger charge is -1.91. The van der Waals surface area contributed by atoms with Crippen LogP contribution >= 0.6 is 11.6 Å². The Morgan fingerprint density at radius 3 is 2.40 bits per heavy atom. The largest absolute Gasteiger partial charge is 0.198 e. The zero-order chi connectivity index (χ0) is 7.40. The van der Waals surface area contributed by atoms with Crippen LogP contribution in [-0.4, -0.2) is 0 Å². The van der Waals surface area contributed by atoms with Gasteiger partial charge in [-0.05, 0) is 17.7 Å². The van der Waals surface area contributed by atoms with Crippen molar-refractivity contribution < 1.29 is 0 Å². The number of rotatable bonds is 1. The molecule has 1 nitrogen and oxygen atoms in total. The third-order valence-corrected chi connectivity index (χ3v) is 1.35. The van der Waals surface area contributed by atoms with Gasteiger partial charge in [0.05, 0.1) is 12.5 Å². The summed E-state index contributed by atoms with van der Waals surface area (Å²) in [6, 6.07) is 9.04. The second-order valence-corrected chi connectivity index (χ2v) is 2.26. The van der Waals surface area contributed by atoms with Gasteiger partial charge in [0.2, 0.25) is 0 Å². The molecule has 10 heavy (non-hydrogen) atoms. The van der Waals surface area contributed by atoms with Crippen molar-refractivity contribution in [1.29, 1.82) is 5.26 Å². The van der Waals surface area contributed by atoms with Gasteiger partial charge in [-0.3, -0.25) is 0 Å². The third-order valence-electron chi connectivity index (χ3n) is 1.10. The van der Waals surface area contributed by atoms with E-state index in [1.165, 1.54) is 6.42 Å². The average Bonchev–Trinajstić information content (AvgIpc) is 1.95. The number of hydrogen-bond donors (Lipinski definition) is 0. The number of halogens is 1. The SMILES string of the molecule is N#C[CH]c1ccc(Cl)cc1. The van der Waals surface area contributed by atoms with Crippen molar-refractivity contribution in [3.8, 4) is 6.07 Å². The molecular formula is C8H5ClN. The molecule has 0 aliphatic rings. The minimum atomic E-state index is 0.690. The minimum absolute atomic E-state index is 0.690. The van der Waals surface area contributed by atoms with Gasteiger partial charge in [0.15, 0.2) is 0 Å². The summed E-state index contributed by atoms with van der Waals surface area (Å²) in [6.45, 7) is 0. The summed E-state index contributed by atoms with van der Waals surface area (Å²) in [6.07, 6.45) is 1.47. The number of hydrogen-bond acceptors (Lipinski definition) is 1. The third kappa shape index (κ3) is 1.75. The monoisotopic (exact) mass is 150 g/mol. The molecular weight excluding hydrogens is 146 g/mol. The van der Waals surface area contributed by atoms with Crippen LogP contribution in [0.4, 0.5) is 0 Å². The van der Waals surface area contributed by atoms with Gasteiger partial charge in [0, 0.05) is 5.02 Å². The Kier molecular flexibility index (Phi) is 2.30. The summed E-state index contributed by atoms with van der Waals surface area (Å²) < 4.78 is 0. The molecule has 0 N–H and O–H groups in total. The molecule has 0 fully saturated rings. The van der Waals surface area contributed by atoms with E-state index in [2.05, 4.69) is 0 Å². The Labute approximate surface area is 64.9 Å². The molecule has 0 bridgehead atoms. The van der Waals surface area contributed by atoms with E-state index in [0.29, 0.717) is 5.02 Å². The van der Waals surface area contributed by atoms with Crippen molar-refractivity contribution in [2.75, 3.05) is 0 Å². The molecule has 1 aromatic rings. The molecule has 0 spiro atoms. The fourth-order valence-corrected chi connectivity index (χ4v) is 0.760. The van der Waals surface area contributed by atoms with Gasteiger partial charge in [-0.1, -0.05) is 23.7 Å². The van der Waals surface area contributed by atoms with Crippen LogP contribution in [0, 0.1) is 17.8 Å². The first-order valence-electron chi connectivity index (χ1n) is 2.81. The molecule has 0 saturated carbocycles. The van der Waals surface area contributed by atoms with Crippen molar-refractivity contribution in [1.82, 2.24) is 0 Å². The summed E-state index contributed by atoms with van der Waals surface area (Å²) in [4.78, 5) is 0. The minimum Gasteiger partial charge on any atom is -0.198 e. The molecule has 49 valence electrons. The second kappa shape index (κ2) is 3.24. The van der Waals surface area contributed by atoms with Crippen LogP contribution in [0.15, 0.2) is 24.3 Å². The zero-order valence-electron chi connectivity index (χ0n) is 5.21. The topological polar surface area (TPSA) is 23.8 Å². The lowest BCUT2D eigenvalue weighted by Crippen LogP contribution is -1.75. The smallest absolute Gasteiger partial charge is 0.0912 e. The van der Waals surface area contributed by atoms with Gasteiger partial charge in [0.1, 0.15) is 0 Å². The van der Waals surface area contributed by atoms with Crippen molar-refractivity contribution in [3.63, 3.8) is 0 Å². The van der Waals surface area contributed by atoms with E-state index in [1.807, 2.05) is 6.07 Å². The Bertz CT molecular complexity index is 245. The Morgan fingerprint density at radius 1 is 1.30 bits per heavy atom. The highest BCUT2D eigenvalue weighted by Crippen LogP contribution is 2.09. The standard InChI is InChI=1S/C8H5ClN/c9-8-3-1-7(2-4-8)5-6-10/h1-5H. The van der Waals surface area contributed by atoms with Crippen molar-refractivity contribution in [2.24, 2.45) is 0 Å². The molecule has 0 saturated heterocycles. The summed E-state index contributed by atoms with van der Waals surface area (Å²) in [5.41, 5.74) is 0.881. The van der Waals surface area contributed by atoms with Crippen molar-refractivity contribution in [2.45, 2.75) is 0 Å². The quantitative estimate of drug-likeness (QED) is 0.603. The lowest BCUT2D eigenvalue weighted by atomic mass is 10.2. The first-order chi connectivity index (χ1) is 4.83. The highest BCUT2D eigenvalue weighted by Gasteiger charge is 1.89. The Morgan fingerprint density at radius 2 is 1.90 bits per heavy atom. The number of nitriles is 1. The molecule has 0 aliphatic heterocycles. The number of nitrogens with zero attached hydrogens (tertiary/aromatic N) is 1. The predicted octanol–water partition coefficient (Wildman–Crippen LogP) is 2.42. The van der Waals surface area contributed by atoms with Gasteiger partial charge in [0.25, 0.3) is 0 Å². The van der Waals surface area contributed by atoms with Crippen LogP contribution in [0.5, 0.6) is 0 Å². The maximum atomic E-state index is 8.25. The van der Waals surface area contributed by atoms with E-state index in [4.69, 9.17) is 16.9 Å². The fourth-order valence-electron chi connectivity index (χ4n) is 0.634. The van der Waals surface area contributed by atoms with Gasteiger partial charge in [-0.15, -0.1) is 0 Å². The molecule has 0 unspecified atom stereocenters. The van der Waals surface area contributed by atoms with Gasteiger partial charge >= 0.3 is 0 Å². The second-order valence-electron chi connectivity index (χ2n) is 1.82. The lowest BCUT2D eigenvalue weighted by molar-refractivity contribution is 1.46. The molecule has 1 aromatic carbocycles. The van der Waals surface area contributed by atoms with E-state index in [0.717, 1.165) is 5.56 Å².